The molecule has 2 aliphatic heterocycles. The predicted octanol–water partition coefficient (Wildman–Crippen LogP) is 2.50. The molecule has 2 aliphatic rings. The van der Waals surface area contributed by atoms with Crippen molar-refractivity contribution in [2.45, 2.75) is 25.8 Å². The summed E-state index contributed by atoms with van der Waals surface area (Å²) in [4.78, 5) is 25.9. The molecule has 1 amide bonds. The van der Waals surface area contributed by atoms with E-state index in [0.29, 0.717) is 10.9 Å². The minimum Gasteiger partial charge on any atom is -0.304 e. The number of halogens is 1. The van der Waals surface area contributed by atoms with E-state index in [-0.39, 0.29) is 17.7 Å². The SMILES string of the molecule is Cc1cccc2c1N1C(=O)C(Br)=CC(=O)C[C@H]1C2. The van der Waals surface area contributed by atoms with Crippen LogP contribution in [0.4, 0.5) is 5.69 Å². The molecule has 18 heavy (non-hydrogen) atoms. The number of nitrogens with zero attached hydrogens (tertiary/aromatic N) is 1. The van der Waals surface area contributed by atoms with E-state index in [1.54, 1.807) is 4.90 Å². The van der Waals surface area contributed by atoms with Crippen LogP contribution in [-0.2, 0) is 16.0 Å². The molecule has 0 aromatic heterocycles. The first kappa shape index (κ1) is 11.7. The molecule has 0 aliphatic carbocycles. The molecule has 0 spiro atoms. The number of carbonyl (C=O) groups excluding carboxylic acids is 2. The fourth-order valence-corrected chi connectivity index (χ4v) is 3.24. The van der Waals surface area contributed by atoms with Gasteiger partial charge in [0.2, 0.25) is 0 Å². The van der Waals surface area contributed by atoms with E-state index < -0.39 is 0 Å². The van der Waals surface area contributed by atoms with Crippen LogP contribution in [0.2, 0.25) is 0 Å². The van der Waals surface area contributed by atoms with Gasteiger partial charge in [-0.2, -0.15) is 0 Å². The van der Waals surface area contributed by atoms with Crippen molar-refractivity contribution in [1.82, 2.24) is 0 Å². The highest BCUT2D eigenvalue weighted by molar-refractivity contribution is 9.12. The lowest BCUT2D eigenvalue weighted by molar-refractivity contribution is -0.114. The van der Waals surface area contributed by atoms with Gasteiger partial charge in [0.1, 0.15) is 0 Å². The molecule has 4 heteroatoms. The second-order valence-electron chi connectivity index (χ2n) is 4.78. The third-order valence-electron chi connectivity index (χ3n) is 3.53. The van der Waals surface area contributed by atoms with Crippen LogP contribution in [0.25, 0.3) is 0 Å². The van der Waals surface area contributed by atoms with Gasteiger partial charge >= 0.3 is 0 Å². The Labute approximate surface area is 114 Å². The van der Waals surface area contributed by atoms with Gasteiger partial charge in [-0.25, -0.2) is 0 Å². The van der Waals surface area contributed by atoms with E-state index in [2.05, 4.69) is 15.9 Å². The van der Waals surface area contributed by atoms with Crippen LogP contribution in [-0.4, -0.2) is 17.7 Å². The number of fused-ring (bicyclic) bond motifs is 3. The molecule has 1 aromatic carbocycles. The number of benzene rings is 1. The summed E-state index contributed by atoms with van der Waals surface area (Å²) in [7, 11) is 0. The molecule has 1 aromatic rings. The quantitative estimate of drug-likeness (QED) is 0.738. The van der Waals surface area contributed by atoms with Crippen LogP contribution >= 0.6 is 15.9 Å². The Morgan fingerprint density at radius 1 is 1.28 bits per heavy atom. The average molecular weight is 306 g/mol. The zero-order chi connectivity index (χ0) is 12.9. The van der Waals surface area contributed by atoms with Crippen LogP contribution < -0.4 is 4.90 Å². The van der Waals surface area contributed by atoms with E-state index in [4.69, 9.17) is 0 Å². The number of amides is 1. The van der Waals surface area contributed by atoms with E-state index in [1.807, 2.05) is 25.1 Å². The van der Waals surface area contributed by atoms with Gasteiger partial charge in [0, 0.05) is 18.5 Å². The third-order valence-corrected chi connectivity index (χ3v) is 4.10. The highest BCUT2D eigenvalue weighted by Crippen LogP contribution is 2.39. The third kappa shape index (κ3) is 1.63. The first-order valence-corrected chi connectivity index (χ1v) is 6.69. The molecule has 0 unspecified atom stereocenters. The lowest BCUT2D eigenvalue weighted by Crippen LogP contribution is -2.37. The maximum absolute atomic E-state index is 12.3. The van der Waals surface area contributed by atoms with E-state index >= 15 is 0 Å². The molecule has 1 atom stereocenters. The van der Waals surface area contributed by atoms with E-state index in [9.17, 15) is 9.59 Å². The Balaban J connectivity index is 2.15. The first-order valence-electron chi connectivity index (χ1n) is 5.90. The van der Waals surface area contributed by atoms with E-state index in [1.165, 1.54) is 6.08 Å². The number of aryl methyl sites for hydroxylation is 1. The summed E-state index contributed by atoms with van der Waals surface area (Å²) in [5.74, 6) is -0.105. The van der Waals surface area contributed by atoms with Crippen molar-refractivity contribution in [3.05, 3.63) is 39.9 Å². The minimum absolute atomic E-state index is 0.00758. The van der Waals surface area contributed by atoms with Crippen LogP contribution in [0.1, 0.15) is 17.5 Å². The molecule has 0 radical (unpaired) electrons. The molecule has 0 saturated heterocycles. The van der Waals surface area contributed by atoms with Crippen LogP contribution in [0.5, 0.6) is 0 Å². The molecular weight excluding hydrogens is 294 g/mol. The molecule has 3 rings (SSSR count). The maximum atomic E-state index is 12.3. The van der Waals surface area contributed by atoms with Crippen molar-refractivity contribution in [2.75, 3.05) is 4.90 Å². The Morgan fingerprint density at radius 2 is 2.06 bits per heavy atom. The summed E-state index contributed by atoms with van der Waals surface area (Å²) >= 11 is 3.21. The summed E-state index contributed by atoms with van der Waals surface area (Å²) in [5, 5.41) is 0. The van der Waals surface area contributed by atoms with Crippen molar-refractivity contribution >= 4 is 33.3 Å². The Bertz CT molecular complexity index is 591. The van der Waals surface area contributed by atoms with Gasteiger partial charge in [-0.1, -0.05) is 18.2 Å². The van der Waals surface area contributed by atoms with Crippen LogP contribution in [0.15, 0.2) is 28.8 Å². The number of allylic oxidation sites excluding steroid dienone is 1. The van der Waals surface area contributed by atoms with Crippen LogP contribution in [0.3, 0.4) is 0 Å². The Hall–Kier alpha value is -1.42. The zero-order valence-electron chi connectivity index (χ0n) is 9.94. The maximum Gasteiger partial charge on any atom is 0.265 e. The number of ketones is 1. The van der Waals surface area contributed by atoms with Crippen molar-refractivity contribution in [3.8, 4) is 0 Å². The number of para-hydroxylation sites is 1. The van der Waals surface area contributed by atoms with Gasteiger partial charge in [0.25, 0.3) is 5.91 Å². The topological polar surface area (TPSA) is 37.4 Å². The smallest absolute Gasteiger partial charge is 0.265 e. The Morgan fingerprint density at radius 3 is 2.83 bits per heavy atom. The van der Waals surface area contributed by atoms with Crippen molar-refractivity contribution in [1.29, 1.82) is 0 Å². The van der Waals surface area contributed by atoms with Crippen molar-refractivity contribution in [2.24, 2.45) is 0 Å². The number of hydrogen-bond acceptors (Lipinski definition) is 2. The highest BCUT2D eigenvalue weighted by atomic mass is 79.9. The monoisotopic (exact) mass is 305 g/mol. The standard InChI is InChI=1S/C14H12BrNO2/c1-8-3-2-4-9-5-10-6-11(17)7-12(15)14(18)16(10)13(8)9/h2-4,7,10H,5-6H2,1H3/t10-/m1/s1. The van der Waals surface area contributed by atoms with Gasteiger partial charge in [-0.05, 0) is 40.4 Å². The number of hydrogen-bond donors (Lipinski definition) is 0. The largest absolute Gasteiger partial charge is 0.304 e. The zero-order valence-corrected chi connectivity index (χ0v) is 11.5. The lowest BCUT2D eigenvalue weighted by Gasteiger charge is -2.24. The number of rotatable bonds is 0. The highest BCUT2D eigenvalue weighted by Gasteiger charge is 2.38. The van der Waals surface area contributed by atoms with Gasteiger partial charge < -0.3 is 4.90 Å². The minimum atomic E-state index is -0.112. The van der Waals surface area contributed by atoms with Gasteiger partial charge in [0.15, 0.2) is 5.78 Å². The summed E-state index contributed by atoms with van der Waals surface area (Å²) in [6, 6.07) is 6.00. The van der Waals surface area contributed by atoms with Crippen molar-refractivity contribution < 1.29 is 9.59 Å². The molecule has 3 nitrogen and oxygen atoms in total. The Kier molecular flexibility index (Phi) is 2.63. The van der Waals surface area contributed by atoms with Gasteiger partial charge in [0.05, 0.1) is 10.2 Å². The average Bonchev–Trinajstić information content (AvgIpc) is 2.62. The first-order chi connectivity index (χ1) is 8.58. The second kappa shape index (κ2) is 4.05. The van der Waals surface area contributed by atoms with E-state index in [0.717, 1.165) is 23.2 Å². The molecule has 0 saturated carbocycles. The predicted molar refractivity (Wildman–Crippen MR) is 72.8 cm³/mol. The molecule has 0 bridgehead atoms. The normalized spacial score (nSPS) is 22.4. The summed E-state index contributed by atoms with van der Waals surface area (Å²) in [6.07, 6.45) is 2.57. The fraction of sp³-hybridized carbons (Fsp3) is 0.286. The summed E-state index contributed by atoms with van der Waals surface area (Å²) in [5.41, 5.74) is 3.22. The fourth-order valence-electron chi connectivity index (χ4n) is 2.80. The number of anilines is 1. The second-order valence-corrected chi connectivity index (χ2v) is 5.63. The van der Waals surface area contributed by atoms with Crippen LogP contribution in [0, 0.1) is 6.92 Å². The molecule has 0 N–H and O–H groups in total. The van der Waals surface area contributed by atoms with Gasteiger partial charge in [-0.15, -0.1) is 0 Å². The summed E-state index contributed by atoms with van der Waals surface area (Å²) < 4.78 is 0.353. The molecular formula is C14H12BrNO2. The van der Waals surface area contributed by atoms with Gasteiger partial charge in [-0.3, -0.25) is 9.59 Å². The lowest BCUT2D eigenvalue weighted by atomic mass is 10.0. The van der Waals surface area contributed by atoms with Crippen molar-refractivity contribution in [3.63, 3.8) is 0 Å². The number of carbonyl (C=O) groups is 2. The molecule has 2 heterocycles. The summed E-state index contributed by atoms with van der Waals surface area (Å²) in [6.45, 7) is 2.00. The molecule has 0 fully saturated rings. The molecule has 92 valence electrons.